The summed E-state index contributed by atoms with van der Waals surface area (Å²) in [5.41, 5.74) is 1.58. The zero-order valence-electron chi connectivity index (χ0n) is 13.4. The van der Waals surface area contributed by atoms with Gasteiger partial charge in [0.15, 0.2) is 0 Å². The second-order valence-corrected chi connectivity index (χ2v) is 6.98. The maximum Gasteiger partial charge on any atom is 0.119 e. The van der Waals surface area contributed by atoms with Crippen molar-refractivity contribution >= 4 is 5.69 Å². The number of piperazine rings is 1. The number of hydrogen-bond donors (Lipinski definition) is 1. The van der Waals surface area contributed by atoms with Crippen molar-refractivity contribution in [2.75, 3.05) is 24.5 Å². The molecule has 0 amide bonds. The van der Waals surface area contributed by atoms with Crippen molar-refractivity contribution in [3.63, 3.8) is 0 Å². The van der Waals surface area contributed by atoms with E-state index in [1.54, 1.807) is 0 Å². The van der Waals surface area contributed by atoms with Crippen LogP contribution in [0.1, 0.15) is 34.6 Å². The van der Waals surface area contributed by atoms with Crippen LogP contribution < -0.4 is 15.0 Å². The predicted molar refractivity (Wildman–Crippen MR) is 85.7 cm³/mol. The lowest BCUT2D eigenvalue weighted by atomic mass is 9.85. The molecule has 0 aromatic heterocycles. The molecule has 3 heteroatoms. The molecule has 0 bridgehead atoms. The molecule has 1 aliphatic heterocycles. The van der Waals surface area contributed by atoms with Crippen molar-refractivity contribution in [2.24, 2.45) is 5.41 Å². The Morgan fingerprint density at radius 2 is 1.85 bits per heavy atom. The van der Waals surface area contributed by atoms with Crippen molar-refractivity contribution < 1.29 is 4.74 Å². The minimum Gasteiger partial charge on any atom is -0.491 e. The fraction of sp³-hybridized carbons (Fsp3) is 0.647. The smallest absolute Gasteiger partial charge is 0.119 e. The van der Waals surface area contributed by atoms with Gasteiger partial charge in [0.25, 0.3) is 0 Å². The largest absolute Gasteiger partial charge is 0.491 e. The van der Waals surface area contributed by atoms with Gasteiger partial charge in [-0.1, -0.05) is 20.8 Å². The zero-order valence-corrected chi connectivity index (χ0v) is 13.4. The number of ether oxygens (including phenoxy) is 1. The predicted octanol–water partition coefficient (Wildman–Crippen LogP) is 3.30. The van der Waals surface area contributed by atoms with Gasteiger partial charge in [0.2, 0.25) is 0 Å². The lowest BCUT2D eigenvalue weighted by Crippen LogP contribution is -2.56. The molecule has 0 radical (unpaired) electrons. The van der Waals surface area contributed by atoms with E-state index in [2.05, 4.69) is 69.1 Å². The molecule has 0 saturated carbocycles. The molecule has 3 nitrogen and oxygen atoms in total. The fourth-order valence-electron chi connectivity index (χ4n) is 2.57. The van der Waals surface area contributed by atoms with Crippen molar-refractivity contribution in [1.82, 2.24) is 5.32 Å². The highest BCUT2D eigenvalue weighted by Gasteiger charge is 2.29. The van der Waals surface area contributed by atoms with Crippen molar-refractivity contribution in [2.45, 2.75) is 46.8 Å². The van der Waals surface area contributed by atoms with Gasteiger partial charge < -0.3 is 15.0 Å². The Bertz CT molecular complexity index is 420. The van der Waals surface area contributed by atoms with E-state index >= 15 is 0 Å². The summed E-state index contributed by atoms with van der Waals surface area (Å²) in [7, 11) is 0. The summed E-state index contributed by atoms with van der Waals surface area (Å²) < 4.78 is 5.70. The molecule has 1 saturated heterocycles. The molecule has 1 fully saturated rings. The maximum atomic E-state index is 5.70. The quantitative estimate of drug-likeness (QED) is 0.917. The Balaban J connectivity index is 2.04. The molecule has 1 unspecified atom stereocenters. The molecule has 1 aromatic rings. The SMILES string of the molecule is CC(C)Oc1ccc(N2CCNC(C(C)(C)C)C2)cc1. The Morgan fingerprint density at radius 1 is 1.20 bits per heavy atom. The third kappa shape index (κ3) is 3.89. The van der Waals surface area contributed by atoms with Gasteiger partial charge in [0, 0.05) is 31.4 Å². The van der Waals surface area contributed by atoms with Gasteiger partial charge in [-0.3, -0.25) is 0 Å². The molecule has 1 N–H and O–H groups in total. The summed E-state index contributed by atoms with van der Waals surface area (Å²) in [5, 5.41) is 3.63. The van der Waals surface area contributed by atoms with E-state index in [9.17, 15) is 0 Å². The van der Waals surface area contributed by atoms with Crippen LogP contribution in [0.3, 0.4) is 0 Å². The van der Waals surface area contributed by atoms with E-state index in [4.69, 9.17) is 4.74 Å². The molecule has 1 atom stereocenters. The average molecular weight is 276 g/mol. The van der Waals surface area contributed by atoms with E-state index in [-0.39, 0.29) is 6.10 Å². The van der Waals surface area contributed by atoms with Crippen LogP contribution in [0.15, 0.2) is 24.3 Å². The van der Waals surface area contributed by atoms with Crippen LogP contribution in [0.4, 0.5) is 5.69 Å². The summed E-state index contributed by atoms with van der Waals surface area (Å²) in [6.07, 6.45) is 0.227. The summed E-state index contributed by atoms with van der Waals surface area (Å²) in [6, 6.07) is 9.01. The molecule has 1 heterocycles. The van der Waals surface area contributed by atoms with Gasteiger partial charge in [-0.05, 0) is 43.5 Å². The lowest BCUT2D eigenvalue weighted by Gasteiger charge is -2.41. The molecule has 112 valence electrons. The fourth-order valence-corrected chi connectivity index (χ4v) is 2.57. The Kier molecular flexibility index (Phi) is 4.59. The van der Waals surface area contributed by atoms with E-state index < -0.39 is 0 Å². The second-order valence-electron chi connectivity index (χ2n) is 6.98. The molecule has 1 aliphatic rings. The minimum absolute atomic E-state index is 0.227. The van der Waals surface area contributed by atoms with Crippen LogP contribution in [-0.2, 0) is 0 Å². The molecule has 20 heavy (non-hydrogen) atoms. The van der Waals surface area contributed by atoms with E-state index in [1.165, 1.54) is 5.69 Å². The highest BCUT2D eigenvalue weighted by Crippen LogP contribution is 2.26. The molecule has 0 spiro atoms. The topological polar surface area (TPSA) is 24.5 Å². The van der Waals surface area contributed by atoms with Crippen molar-refractivity contribution in [3.05, 3.63) is 24.3 Å². The van der Waals surface area contributed by atoms with Crippen molar-refractivity contribution in [1.29, 1.82) is 0 Å². The van der Waals surface area contributed by atoms with Crippen LogP contribution >= 0.6 is 0 Å². The van der Waals surface area contributed by atoms with Gasteiger partial charge in [-0.2, -0.15) is 0 Å². The van der Waals surface area contributed by atoms with Crippen LogP contribution in [0.2, 0.25) is 0 Å². The Morgan fingerprint density at radius 3 is 2.40 bits per heavy atom. The number of benzene rings is 1. The number of nitrogens with one attached hydrogen (secondary N) is 1. The van der Waals surface area contributed by atoms with Gasteiger partial charge in [0.05, 0.1) is 6.10 Å². The van der Waals surface area contributed by atoms with Crippen LogP contribution in [0.5, 0.6) is 5.75 Å². The van der Waals surface area contributed by atoms with E-state index in [0.717, 1.165) is 25.4 Å². The highest BCUT2D eigenvalue weighted by atomic mass is 16.5. The molecular weight excluding hydrogens is 248 g/mol. The maximum absolute atomic E-state index is 5.70. The van der Waals surface area contributed by atoms with Gasteiger partial charge in [-0.15, -0.1) is 0 Å². The van der Waals surface area contributed by atoms with Crippen LogP contribution in [0.25, 0.3) is 0 Å². The van der Waals surface area contributed by atoms with E-state index in [1.807, 2.05) is 0 Å². The summed E-state index contributed by atoms with van der Waals surface area (Å²) in [5.74, 6) is 0.950. The highest BCUT2D eigenvalue weighted by molar-refractivity contribution is 5.49. The van der Waals surface area contributed by atoms with Gasteiger partial charge in [-0.25, -0.2) is 0 Å². The van der Waals surface area contributed by atoms with Crippen LogP contribution in [-0.4, -0.2) is 31.8 Å². The number of nitrogens with zero attached hydrogens (tertiary/aromatic N) is 1. The summed E-state index contributed by atoms with van der Waals surface area (Å²) in [4.78, 5) is 2.46. The number of hydrogen-bond acceptors (Lipinski definition) is 3. The standard InChI is InChI=1S/C17H28N2O/c1-13(2)20-15-8-6-14(7-9-15)19-11-10-18-16(12-19)17(3,4)5/h6-9,13,16,18H,10-12H2,1-5H3. The molecule has 2 rings (SSSR count). The van der Waals surface area contributed by atoms with Crippen molar-refractivity contribution in [3.8, 4) is 5.75 Å². The van der Waals surface area contributed by atoms with Gasteiger partial charge >= 0.3 is 0 Å². The molecule has 1 aromatic carbocycles. The Labute approximate surface area is 123 Å². The van der Waals surface area contributed by atoms with Gasteiger partial charge in [0.1, 0.15) is 5.75 Å². The zero-order chi connectivity index (χ0) is 14.8. The molecule has 0 aliphatic carbocycles. The normalized spacial score (nSPS) is 20.3. The first-order chi connectivity index (χ1) is 9.36. The lowest BCUT2D eigenvalue weighted by molar-refractivity contribution is 0.242. The number of anilines is 1. The monoisotopic (exact) mass is 276 g/mol. The molecular formula is C17H28N2O. The number of rotatable bonds is 3. The average Bonchev–Trinajstić information content (AvgIpc) is 2.38. The first-order valence-electron chi connectivity index (χ1n) is 7.61. The summed E-state index contributed by atoms with van der Waals surface area (Å²) >= 11 is 0. The first kappa shape index (κ1) is 15.2. The van der Waals surface area contributed by atoms with Crippen LogP contribution in [0, 0.1) is 5.41 Å². The first-order valence-corrected chi connectivity index (χ1v) is 7.61. The second kappa shape index (κ2) is 6.04. The Hall–Kier alpha value is -1.22. The summed E-state index contributed by atoms with van der Waals surface area (Å²) in [6.45, 7) is 14.2. The third-order valence-corrected chi connectivity index (χ3v) is 3.79. The third-order valence-electron chi connectivity index (χ3n) is 3.79. The van der Waals surface area contributed by atoms with E-state index in [0.29, 0.717) is 11.5 Å². The minimum atomic E-state index is 0.227.